The van der Waals surface area contributed by atoms with Crippen molar-refractivity contribution >= 4 is 44.8 Å². The van der Waals surface area contributed by atoms with Gasteiger partial charge in [-0.3, -0.25) is 10.2 Å². The first-order valence-corrected chi connectivity index (χ1v) is 10.1. The van der Waals surface area contributed by atoms with Crippen molar-refractivity contribution in [2.75, 3.05) is 5.43 Å². The first-order valence-electron chi connectivity index (χ1n) is 9.33. The molecule has 4 aromatic rings. The minimum Gasteiger partial charge on any atom is -0.426 e. The van der Waals surface area contributed by atoms with Gasteiger partial charge in [-0.2, -0.15) is 5.10 Å². The second kappa shape index (κ2) is 9.19. The van der Waals surface area contributed by atoms with Crippen LogP contribution in [0, 0.1) is 0 Å². The van der Waals surface area contributed by atoms with Gasteiger partial charge in [0.2, 0.25) is 5.13 Å². The predicted molar refractivity (Wildman–Crippen MR) is 120 cm³/mol. The van der Waals surface area contributed by atoms with Crippen molar-refractivity contribution in [3.8, 4) is 11.5 Å². The second-order valence-electron chi connectivity index (χ2n) is 6.41. The van der Waals surface area contributed by atoms with Gasteiger partial charge < -0.3 is 9.47 Å². The zero-order chi connectivity index (χ0) is 21.6. The largest absolute Gasteiger partial charge is 0.426 e. The summed E-state index contributed by atoms with van der Waals surface area (Å²) in [5.74, 6) is -0.609. The third-order valence-corrected chi connectivity index (χ3v) is 5.06. The van der Waals surface area contributed by atoms with Crippen molar-refractivity contribution in [2.24, 2.45) is 5.10 Å². The van der Waals surface area contributed by atoms with Crippen LogP contribution in [0.5, 0.6) is 11.5 Å². The molecule has 0 amide bonds. The molecule has 3 aromatic carbocycles. The van der Waals surface area contributed by atoms with Gasteiger partial charge in [0, 0.05) is 6.92 Å². The van der Waals surface area contributed by atoms with Gasteiger partial charge in [-0.05, 0) is 54.1 Å². The molecule has 0 unspecified atom stereocenters. The molecule has 4 rings (SSSR count). The van der Waals surface area contributed by atoms with Crippen LogP contribution < -0.4 is 14.9 Å². The summed E-state index contributed by atoms with van der Waals surface area (Å²) < 4.78 is 11.5. The van der Waals surface area contributed by atoms with Gasteiger partial charge in [-0.25, -0.2) is 9.78 Å². The molecule has 0 bridgehead atoms. The van der Waals surface area contributed by atoms with E-state index < -0.39 is 11.9 Å². The Kier molecular flexibility index (Phi) is 6.00. The molecule has 0 fully saturated rings. The van der Waals surface area contributed by atoms with E-state index in [0.717, 1.165) is 15.8 Å². The smallest absolute Gasteiger partial charge is 0.347 e. The van der Waals surface area contributed by atoms with E-state index in [9.17, 15) is 9.59 Å². The number of benzene rings is 3. The van der Waals surface area contributed by atoms with Gasteiger partial charge >= 0.3 is 11.9 Å². The van der Waals surface area contributed by atoms with Crippen LogP contribution in [0.1, 0.15) is 22.8 Å². The Morgan fingerprint density at radius 3 is 2.48 bits per heavy atom. The highest BCUT2D eigenvalue weighted by Gasteiger charge is 2.15. The molecule has 0 radical (unpaired) electrons. The Morgan fingerprint density at radius 2 is 1.71 bits per heavy atom. The number of carbonyl (C=O) groups is 2. The number of rotatable bonds is 6. The van der Waals surface area contributed by atoms with Crippen LogP contribution in [0.2, 0.25) is 0 Å². The van der Waals surface area contributed by atoms with Crippen molar-refractivity contribution in [3.63, 3.8) is 0 Å². The average molecular weight is 431 g/mol. The number of thiazole rings is 1. The highest BCUT2D eigenvalue weighted by molar-refractivity contribution is 7.22. The fourth-order valence-electron chi connectivity index (χ4n) is 2.75. The zero-order valence-electron chi connectivity index (χ0n) is 16.4. The topological polar surface area (TPSA) is 89.9 Å². The molecule has 1 aromatic heterocycles. The number of fused-ring (bicyclic) bond motifs is 1. The second-order valence-corrected chi connectivity index (χ2v) is 7.44. The molecule has 0 saturated heterocycles. The Bertz CT molecular complexity index is 1230. The lowest BCUT2D eigenvalue weighted by molar-refractivity contribution is -0.131. The molecule has 1 N–H and O–H groups in total. The molecule has 0 atom stereocenters. The summed E-state index contributed by atoms with van der Waals surface area (Å²) in [5, 5.41) is 4.90. The van der Waals surface area contributed by atoms with Crippen LogP contribution in [0.3, 0.4) is 0 Å². The number of aromatic nitrogens is 1. The van der Waals surface area contributed by atoms with E-state index in [1.54, 1.807) is 42.6 Å². The van der Waals surface area contributed by atoms with E-state index >= 15 is 0 Å². The summed E-state index contributed by atoms with van der Waals surface area (Å²) in [5.41, 5.74) is 4.83. The molecular weight excluding hydrogens is 414 g/mol. The predicted octanol–water partition coefficient (Wildman–Crippen LogP) is 4.89. The SMILES string of the molecule is CC(=O)Oc1ccccc1C(=O)Oc1ccc(C=NNc2nc3ccccc3s2)cc1. The van der Waals surface area contributed by atoms with E-state index in [1.165, 1.54) is 30.4 Å². The quantitative estimate of drug-likeness (QED) is 0.202. The van der Waals surface area contributed by atoms with Gasteiger partial charge in [0.15, 0.2) is 0 Å². The lowest BCUT2D eigenvalue weighted by Crippen LogP contribution is -2.12. The summed E-state index contributed by atoms with van der Waals surface area (Å²) in [6, 6.07) is 21.1. The van der Waals surface area contributed by atoms with E-state index in [1.807, 2.05) is 24.3 Å². The maximum absolute atomic E-state index is 12.4. The average Bonchev–Trinajstić information content (AvgIpc) is 3.18. The first-order chi connectivity index (χ1) is 15.1. The lowest BCUT2D eigenvalue weighted by atomic mass is 10.2. The van der Waals surface area contributed by atoms with Crippen molar-refractivity contribution in [1.29, 1.82) is 0 Å². The third kappa shape index (κ3) is 5.12. The van der Waals surface area contributed by atoms with Crippen molar-refractivity contribution < 1.29 is 19.1 Å². The van der Waals surface area contributed by atoms with Crippen LogP contribution in [-0.2, 0) is 4.79 Å². The molecular formula is C23H17N3O4S. The number of nitrogens with one attached hydrogen (secondary N) is 1. The zero-order valence-corrected chi connectivity index (χ0v) is 17.3. The highest BCUT2D eigenvalue weighted by Crippen LogP contribution is 2.25. The lowest BCUT2D eigenvalue weighted by Gasteiger charge is -2.08. The minimum absolute atomic E-state index is 0.157. The maximum atomic E-state index is 12.4. The standard InChI is InChI=1S/C23H17N3O4S/c1-15(27)29-20-8-4-2-6-18(20)22(28)30-17-12-10-16(11-13-17)14-24-26-23-25-19-7-3-5-9-21(19)31-23/h2-14H,1H3,(H,25,26). The molecule has 0 aliphatic carbocycles. The van der Waals surface area contributed by atoms with E-state index in [4.69, 9.17) is 9.47 Å². The number of anilines is 1. The fourth-order valence-corrected chi connectivity index (χ4v) is 3.56. The summed E-state index contributed by atoms with van der Waals surface area (Å²) in [6.45, 7) is 1.27. The Hall–Kier alpha value is -4.04. The Balaban J connectivity index is 1.38. The number of esters is 2. The van der Waals surface area contributed by atoms with Crippen molar-refractivity contribution in [2.45, 2.75) is 6.92 Å². The van der Waals surface area contributed by atoms with Crippen molar-refractivity contribution in [1.82, 2.24) is 4.98 Å². The molecule has 31 heavy (non-hydrogen) atoms. The molecule has 154 valence electrons. The van der Waals surface area contributed by atoms with Gasteiger partial charge in [-0.1, -0.05) is 35.6 Å². The van der Waals surface area contributed by atoms with Crippen LogP contribution in [0.25, 0.3) is 10.2 Å². The summed E-state index contributed by atoms with van der Waals surface area (Å²) in [6.07, 6.45) is 1.65. The number of hydrogen-bond acceptors (Lipinski definition) is 8. The first kappa shape index (κ1) is 20.2. The fraction of sp³-hybridized carbons (Fsp3) is 0.0435. The number of hydrogen-bond donors (Lipinski definition) is 1. The monoisotopic (exact) mass is 431 g/mol. The molecule has 0 aliphatic heterocycles. The summed E-state index contributed by atoms with van der Waals surface area (Å²) in [7, 11) is 0. The van der Waals surface area contributed by atoms with E-state index in [0.29, 0.717) is 10.9 Å². The molecule has 1 heterocycles. The van der Waals surface area contributed by atoms with Crippen LogP contribution in [0.4, 0.5) is 5.13 Å². The molecule has 0 spiro atoms. The number of carbonyl (C=O) groups excluding carboxylic acids is 2. The number of para-hydroxylation sites is 2. The third-order valence-electron chi connectivity index (χ3n) is 4.12. The summed E-state index contributed by atoms with van der Waals surface area (Å²) in [4.78, 5) is 28.1. The summed E-state index contributed by atoms with van der Waals surface area (Å²) >= 11 is 1.52. The van der Waals surface area contributed by atoms with Crippen LogP contribution in [0.15, 0.2) is 77.9 Å². The van der Waals surface area contributed by atoms with Crippen LogP contribution >= 0.6 is 11.3 Å². The molecule has 8 heteroatoms. The van der Waals surface area contributed by atoms with Crippen LogP contribution in [-0.4, -0.2) is 23.1 Å². The molecule has 7 nitrogen and oxygen atoms in total. The van der Waals surface area contributed by atoms with Gasteiger partial charge in [0.1, 0.15) is 17.1 Å². The Morgan fingerprint density at radius 1 is 0.968 bits per heavy atom. The van der Waals surface area contributed by atoms with Gasteiger partial charge in [0.05, 0.1) is 16.4 Å². The van der Waals surface area contributed by atoms with E-state index in [2.05, 4.69) is 15.5 Å². The number of nitrogens with zero attached hydrogens (tertiary/aromatic N) is 2. The number of ether oxygens (including phenoxy) is 2. The number of hydrazone groups is 1. The highest BCUT2D eigenvalue weighted by atomic mass is 32.1. The molecule has 0 aliphatic rings. The maximum Gasteiger partial charge on any atom is 0.347 e. The van der Waals surface area contributed by atoms with E-state index in [-0.39, 0.29) is 11.3 Å². The molecule has 0 saturated carbocycles. The minimum atomic E-state index is -0.615. The normalized spacial score (nSPS) is 10.9. The Labute approximate surface area is 182 Å². The van der Waals surface area contributed by atoms with Gasteiger partial charge in [-0.15, -0.1) is 0 Å². The van der Waals surface area contributed by atoms with Crippen molar-refractivity contribution in [3.05, 3.63) is 83.9 Å². The van der Waals surface area contributed by atoms with Gasteiger partial charge in [0.25, 0.3) is 0 Å².